The zero-order valence-electron chi connectivity index (χ0n) is 11.6. The number of hydrogen-bond acceptors (Lipinski definition) is 5. The van der Waals surface area contributed by atoms with Gasteiger partial charge in [0, 0.05) is 6.07 Å². The Kier molecular flexibility index (Phi) is 4.84. The molecule has 0 aliphatic heterocycles. The first-order chi connectivity index (χ1) is 10.1. The molecule has 0 saturated heterocycles. The monoisotopic (exact) mass is 305 g/mol. The molecule has 0 fully saturated rings. The highest BCUT2D eigenvalue weighted by atomic mass is 32.1. The van der Waals surface area contributed by atoms with Crippen LogP contribution in [0.3, 0.4) is 0 Å². The number of phenolic OH excluding ortho intramolecular Hbond substituents is 1. The lowest BCUT2D eigenvalue weighted by Gasteiger charge is -2.13. The smallest absolute Gasteiger partial charge is 0.266 e. The fourth-order valence-electron chi connectivity index (χ4n) is 1.67. The first kappa shape index (κ1) is 14.9. The highest BCUT2D eigenvalue weighted by Gasteiger charge is 2.08. The fraction of sp³-hybridized carbons (Fsp3) is 0.133. The van der Waals surface area contributed by atoms with Gasteiger partial charge in [-0.25, -0.2) is 0 Å². The standard InChI is InChI=1S/C15H15NO4S/c1-18-12-7-8-14(19-2)13(9-12)16-15(21)20-11-5-3-10(17)4-6-11/h3-9,17H,1-2H3,(H,16,21). The molecule has 0 spiro atoms. The maximum Gasteiger partial charge on any atom is 0.266 e. The van der Waals surface area contributed by atoms with Crippen molar-refractivity contribution in [1.29, 1.82) is 0 Å². The number of benzene rings is 2. The van der Waals surface area contributed by atoms with E-state index in [9.17, 15) is 5.11 Å². The van der Waals surface area contributed by atoms with Crippen molar-refractivity contribution in [1.82, 2.24) is 0 Å². The summed E-state index contributed by atoms with van der Waals surface area (Å²) in [6.45, 7) is 0. The number of rotatable bonds is 4. The molecular weight excluding hydrogens is 290 g/mol. The second kappa shape index (κ2) is 6.81. The molecule has 0 aliphatic carbocycles. The summed E-state index contributed by atoms with van der Waals surface area (Å²) in [6, 6.07) is 11.6. The Labute approximate surface area is 128 Å². The normalized spacial score (nSPS) is 9.81. The molecule has 2 aromatic rings. The summed E-state index contributed by atoms with van der Waals surface area (Å²) in [5.41, 5.74) is 0.639. The summed E-state index contributed by atoms with van der Waals surface area (Å²) in [5.74, 6) is 1.97. The molecule has 0 unspecified atom stereocenters. The molecule has 2 rings (SSSR count). The molecule has 0 bridgehead atoms. The lowest BCUT2D eigenvalue weighted by molar-refractivity contribution is 0.404. The molecule has 21 heavy (non-hydrogen) atoms. The lowest BCUT2D eigenvalue weighted by Crippen LogP contribution is -2.16. The van der Waals surface area contributed by atoms with E-state index in [1.807, 2.05) is 0 Å². The number of thiocarbonyl (C=S) groups is 1. The Bertz CT molecular complexity index is 628. The molecule has 0 amide bonds. The van der Waals surface area contributed by atoms with E-state index in [4.69, 9.17) is 26.4 Å². The number of phenols is 1. The second-order valence-corrected chi connectivity index (χ2v) is 4.45. The van der Waals surface area contributed by atoms with E-state index in [1.165, 1.54) is 12.1 Å². The van der Waals surface area contributed by atoms with Crippen LogP contribution >= 0.6 is 12.2 Å². The van der Waals surface area contributed by atoms with Crippen molar-refractivity contribution in [3.8, 4) is 23.0 Å². The van der Waals surface area contributed by atoms with Crippen molar-refractivity contribution in [2.75, 3.05) is 19.5 Å². The molecule has 2 aromatic carbocycles. The van der Waals surface area contributed by atoms with Crippen LogP contribution in [0.15, 0.2) is 42.5 Å². The third kappa shape index (κ3) is 4.00. The van der Waals surface area contributed by atoms with Gasteiger partial charge in [-0.05, 0) is 48.6 Å². The Morgan fingerprint density at radius 3 is 2.29 bits per heavy atom. The van der Waals surface area contributed by atoms with Gasteiger partial charge in [-0.3, -0.25) is 0 Å². The number of hydrogen-bond donors (Lipinski definition) is 2. The Morgan fingerprint density at radius 1 is 1.00 bits per heavy atom. The van der Waals surface area contributed by atoms with Crippen LogP contribution in [0.4, 0.5) is 5.69 Å². The van der Waals surface area contributed by atoms with Gasteiger partial charge in [-0.15, -0.1) is 0 Å². The largest absolute Gasteiger partial charge is 0.508 e. The van der Waals surface area contributed by atoms with Crippen molar-refractivity contribution in [3.63, 3.8) is 0 Å². The number of aromatic hydroxyl groups is 1. The minimum absolute atomic E-state index is 0.159. The van der Waals surface area contributed by atoms with Crippen LogP contribution in [0.25, 0.3) is 0 Å². The molecule has 110 valence electrons. The highest BCUT2D eigenvalue weighted by molar-refractivity contribution is 7.80. The van der Waals surface area contributed by atoms with Crippen LogP contribution in [0.1, 0.15) is 0 Å². The summed E-state index contributed by atoms with van der Waals surface area (Å²) in [6.07, 6.45) is 0. The first-order valence-corrected chi connectivity index (χ1v) is 6.53. The fourth-order valence-corrected chi connectivity index (χ4v) is 1.87. The van der Waals surface area contributed by atoms with Gasteiger partial charge in [0.2, 0.25) is 0 Å². The summed E-state index contributed by atoms with van der Waals surface area (Å²) < 4.78 is 15.9. The van der Waals surface area contributed by atoms with E-state index in [0.717, 1.165) is 0 Å². The lowest BCUT2D eigenvalue weighted by atomic mass is 10.2. The highest BCUT2D eigenvalue weighted by Crippen LogP contribution is 2.29. The van der Waals surface area contributed by atoms with E-state index >= 15 is 0 Å². The van der Waals surface area contributed by atoms with Gasteiger partial charge < -0.3 is 24.6 Å². The summed E-state index contributed by atoms with van der Waals surface area (Å²) in [5, 5.41) is 12.3. The van der Waals surface area contributed by atoms with Gasteiger partial charge >= 0.3 is 0 Å². The summed E-state index contributed by atoms with van der Waals surface area (Å²) in [4.78, 5) is 0. The average molecular weight is 305 g/mol. The van der Waals surface area contributed by atoms with E-state index < -0.39 is 0 Å². The van der Waals surface area contributed by atoms with Crippen molar-refractivity contribution < 1.29 is 19.3 Å². The maximum absolute atomic E-state index is 9.22. The van der Waals surface area contributed by atoms with Crippen LogP contribution in [-0.4, -0.2) is 24.5 Å². The van der Waals surface area contributed by atoms with E-state index in [-0.39, 0.29) is 10.9 Å². The van der Waals surface area contributed by atoms with E-state index in [2.05, 4.69) is 5.32 Å². The van der Waals surface area contributed by atoms with Gasteiger partial charge in [-0.1, -0.05) is 0 Å². The molecular formula is C15H15NO4S. The number of ether oxygens (including phenoxy) is 3. The molecule has 6 heteroatoms. The van der Waals surface area contributed by atoms with Gasteiger partial charge in [0.05, 0.1) is 19.9 Å². The molecule has 0 aliphatic rings. The van der Waals surface area contributed by atoms with Gasteiger partial charge in [0.25, 0.3) is 5.17 Å². The molecule has 0 saturated carbocycles. The minimum atomic E-state index is 0.159. The van der Waals surface area contributed by atoms with Crippen molar-refractivity contribution in [3.05, 3.63) is 42.5 Å². The zero-order chi connectivity index (χ0) is 15.2. The molecule has 0 radical (unpaired) electrons. The van der Waals surface area contributed by atoms with Gasteiger partial charge in [0.1, 0.15) is 23.0 Å². The molecule has 0 heterocycles. The van der Waals surface area contributed by atoms with E-state index in [0.29, 0.717) is 22.9 Å². The number of methoxy groups -OCH3 is 2. The van der Waals surface area contributed by atoms with Gasteiger partial charge in [-0.2, -0.15) is 0 Å². The molecule has 0 atom stereocenters. The van der Waals surface area contributed by atoms with Crippen LogP contribution in [-0.2, 0) is 0 Å². The van der Waals surface area contributed by atoms with Crippen molar-refractivity contribution >= 4 is 23.1 Å². The predicted octanol–water partition coefficient (Wildman–Crippen LogP) is 3.19. The van der Waals surface area contributed by atoms with Crippen LogP contribution in [0.2, 0.25) is 0 Å². The first-order valence-electron chi connectivity index (χ1n) is 6.12. The topological polar surface area (TPSA) is 60.0 Å². The SMILES string of the molecule is COc1ccc(OC)c(NC(=S)Oc2ccc(O)cc2)c1. The van der Waals surface area contributed by atoms with Crippen LogP contribution in [0.5, 0.6) is 23.0 Å². The summed E-state index contributed by atoms with van der Waals surface area (Å²) in [7, 11) is 3.15. The van der Waals surface area contributed by atoms with Crippen LogP contribution < -0.4 is 19.5 Å². The molecule has 0 aromatic heterocycles. The average Bonchev–Trinajstić information content (AvgIpc) is 2.49. The summed E-state index contributed by atoms with van der Waals surface area (Å²) >= 11 is 5.15. The molecule has 5 nitrogen and oxygen atoms in total. The minimum Gasteiger partial charge on any atom is -0.508 e. The molecule has 2 N–H and O–H groups in total. The quantitative estimate of drug-likeness (QED) is 0.846. The zero-order valence-corrected chi connectivity index (χ0v) is 12.4. The van der Waals surface area contributed by atoms with Crippen molar-refractivity contribution in [2.24, 2.45) is 0 Å². The van der Waals surface area contributed by atoms with Gasteiger partial charge in [0.15, 0.2) is 0 Å². The third-order valence-corrected chi connectivity index (χ3v) is 2.88. The Hall–Kier alpha value is -2.47. The maximum atomic E-state index is 9.22. The second-order valence-electron chi connectivity index (χ2n) is 4.07. The Balaban J connectivity index is 2.09. The number of anilines is 1. The van der Waals surface area contributed by atoms with E-state index in [1.54, 1.807) is 44.6 Å². The van der Waals surface area contributed by atoms with Crippen LogP contribution in [0, 0.1) is 0 Å². The number of nitrogens with one attached hydrogen (secondary N) is 1. The third-order valence-electron chi connectivity index (χ3n) is 2.69. The Morgan fingerprint density at radius 2 is 1.67 bits per heavy atom. The van der Waals surface area contributed by atoms with Crippen molar-refractivity contribution in [2.45, 2.75) is 0 Å². The predicted molar refractivity (Wildman–Crippen MR) is 84.5 cm³/mol.